The molecule has 1 aliphatic carbocycles. The van der Waals surface area contributed by atoms with E-state index in [4.69, 9.17) is 4.74 Å². The van der Waals surface area contributed by atoms with Crippen LogP contribution in [0.4, 0.5) is 0 Å². The molecular formula is C24H37N3O3. The van der Waals surface area contributed by atoms with Crippen molar-refractivity contribution in [3.63, 3.8) is 0 Å². The van der Waals surface area contributed by atoms with Crippen molar-refractivity contribution in [1.29, 1.82) is 0 Å². The van der Waals surface area contributed by atoms with Gasteiger partial charge in [-0.1, -0.05) is 52.2 Å². The number of benzene rings is 1. The molecule has 3 rings (SSSR count). The third kappa shape index (κ3) is 5.82. The van der Waals surface area contributed by atoms with E-state index in [1.165, 1.54) is 24.8 Å². The van der Waals surface area contributed by atoms with Gasteiger partial charge in [-0.25, -0.2) is 0 Å². The molecule has 2 fully saturated rings. The summed E-state index contributed by atoms with van der Waals surface area (Å²) in [5.74, 6) is -0.348. The summed E-state index contributed by atoms with van der Waals surface area (Å²) in [4.78, 5) is 27.4. The second kappa shape index (κ2) is 9.92. The Hall–Kier alpha value is -1.92. The number of carbonyl (C=O) groups excluding carboxylic acids is 2. The Morgan fingerprint density at radius 1 is 1.00 bits per heavy atom. The maximum absolute atomic E-state index is 12.5. The largest absolute Gasteiger partial charge is 0.379 e. The van der Waals surface area contributed by atoms with Crippen molar-refractivity contribution >= 4 is 11.8 Å². The first kappa shape index (κ1) is 22.8. The van der Waals surface area contributed by atoms with Gasteiger partial charge in [-0.15, -0.1) is 0 Å². The fraction of sp³-hybridized carbons (Fsp3) is 0.667. The molecule has 30 heavy (non-hydrogen) atoms. The van der Waals surface area contributed by atoms with E-state index in [-0.39, 0.29) is 29.3 Å². The van der Waals surface area contributed by atoms with Gasteiger partial charge in [0.05, 0.1) is 19.8 Å². The van der Waals surface area contributed by atoms with E-state index in [1.54, 1.807) is 0 Å². The lowest BCUT2D eigenvalue weighted by atomic mass is 9.79. The molecule has 0 bridgehead atoms. The summed E-state index contributed by atoms with van der Waals surface area (Å²) in [5.41, 5.74) is 1.83. The summed E-state index contributed by atoms with van der Waals surface area (Å²) in [6.07, 6.45) is 5.90. The highest BCUT2D eigenvalue weighted by Gasteiger charge is 2.38. The lowest BCUT2D eigenvalue weighted by Crippen LogP contribution is -2.60. The highest BCUT2D eigenvalue weighted by molar-refractivity contribution is 5.96. The summed E-state index contributed by atoms with van der Waals surface area (Å²) in [5, 5.41) is 5.84. The van der Waals surface area contributed by atoms with Gasteiger partial charge in [0.15, 0.2) is 0 Å². The van der Waals surface area contributed by atoms with Crippen LogP contribution in [0.3, 0.4) is 0 Å². The Morgan fingerprint density at radius 3 is 2.23 bits per heavy atom. The van der Waals surface area contributed by atoms with E-state index >= 15 is 0 Å². The zero-order valence-corrected chi connectivity index (χ0v) is 18.8. The summed E-state index contributed by atoms with van der Waals surface area (Å²) in [6.45, 7) is 10.4. The van der Waals surface area contributed by atoms with Crippen LogP contribution in [-0.4, -0.2) is 61.6 Å². The first-order chi connectivity index (χ1) is 14.3. The van der Waals surface area contributed by atoms with Gasteiger partial charge in [0, 0.05) is 30.7 Å². The average molecular weight is 416 g/mol. The van der Waals surface area contributed by atoms with Crippen molar-refractivity contribution in [1.82, 2.24) is 15.5 Å². The minimum absolute atomic E-state index is 0.000946. The predicted octanol–water partition coefficient (Wildman–Crippen LogP) is 2.87. The van der Waals surface area contributed by atoms with E-state index < -0.39 is 0 Å². The predicted molar refractivity (Wildman–Crippen MR) is 119 cm³/mol. The van der Waals surface area contributed by atoms with Gasteiger partial charge in [-0.05, 0) is 36.0 Å². The molecule has 1 aliphatic heterocycles. The molecule has 166 valence electrons. The molecule has 0 aromatic heterocycles. The Bertz CT molecular complexity index is 712. The van der Waals surface area contributed by atoms with E-state index in [9.17, 15) is 9.59 Å². The summed E-state index contributed by atoms with van der Waals surface area (Å²) < 4.78 is 5.52. The molecule has 2 N–H and O–H groups in total. The third-order valence-corrected chi connectivity index (χ3v) is 6.50. The smallest absolute Gasteiger partial charge is 0.251 e. The van der Waals surface area contributed by atoms with E-state index in [0.717, 1.165) is 39.1 Å². The van der Waals surface area contributed by atoms with Crippen LogP contribution in [0.15, 0.2) is 24.3 Å². The van der Waals surface area contributed by atoms with Gasteiger partial charge in [-0.2, -0.15) is 0 Å². The first-order valence-electron chi connectivity index (χ1n) is 11.3. The maximum atomic E-state index is 12.5. The van der Waals surface area contributed by atoms with Gasteiger partial charge < -0.3 is 15.4 Å². The third-order valence-electron chi connectivity index (χ3n) is 6.50. The highest BCUT2D eigenvalue weighted by Crippen LogP contribution is 2.33. The lowest BCUT2D eigenvalue weighted by Gasteiger charge is -2.48. The zero-order chi connectivity index (χ0) is 21.6. The summed E-state index contributed by atoms with van der Waals surface area (Å²) in [7, 11) is 0. The molecule has 1 aromatic rings. The number of amides is 2. The standard InChI is InChI=1S/C24H37N3O3/c1-23(2,3)20-9-7-19(8-10-20)22(29)25-17-21(28)26-18-24(11-5-4-6-12-24)27-13-15-30-16-14-27/h7-10H,4-6,11-18H2,1-3H3,(H,25,29)(H,26,28). The van der Waals surface area contributed by atoms with Gasteiger partial charge in [0.2, 0.25) is 5.91 Å². The van der Waals surface area contributed by atoms with Gasteiger partial charge >= 0.3 is 0 Å². The zero-order valence-electron chi connectivity index (χ0n) is 18.8. The SMILES string of the molecule is CC(C)(C)c1ccc(C(=O)NCC(=O)NCC2(N3CCOCC3)CCCCC2)cc1. The van der Waals surface area contributed by atoms with Crippen molar-refractivity contribution < 1.29 is 14.3 Å². The van der Waals surface area contributed by atoms with Gasteiger partial charge in [0.25, 0.3) is 5.91 Å². The molecular weight excluding hydrogens is 378 g/mol. The van der Waals surface area contributed by atoms with Crippen molar-refractivity contribution in [2.45, 2.75) is 63.8 Å². The second-order valence-electron chi connectivity index (χ2n) is 9.67. The van der Waals surface area contributed by atoms with Crippen LogP contribution in [-0.2, 0) is 14.9 Å². The second-order valence-corrected chi connectivity index (χ2v) is 9.67. The number of carbonyl (C=O) groups is 2. The number of nitrogens with one attached hydrogen (secondary N) is 2. The molecule has 0 radical (unpaired) electrons. The molecule has 0 atom stereocenters. The minimum Gasteiger partial charge on any atom is -0.379 e. The van der Waals surface area contributed by atoms with Gasteiger partial charge in [0.1, 0.15) is 0 Å². The quantitative estimate of drug-likeness (QED) is 0.750. The fourth-order valence-corrected chi connectivity index (χ4v) is 4.56. The van der Waals surface area contributed by atoms with Crippen LogP contribution >= 0.6 is 0 Å². The fourth-order valence-electron chi connectivity index (χ4n) is 4.56. The molecule has 0 spiro atoms. The van der Waals surface area contributed by atoms with Crippen LogP contribution in [0, 0.1) is 0 Å². The first-order valence-corrected chi connectivity index (χ1v) is 11.3. The van der Waals surface area contributed by atoms with Crippen molar-refractivity contribution in [3.05, 3.63) is 35.4 Å². The van der Waals surface area contributed by atoms with Crippen LogP contribution < -0.4 is 10.6 Å². The highest BCUT2D eigenvalue weighted by atomic mass is 16.5. The number of ether oxygens (including phenoxy) is 1. The molecule has 2 amide bonds. The number of morpholine rings is 1. The number of rotatable bonds is 6. The van der Waals surface area contributed by atoms with E-state index in [2.05, 4.69) is 36.3 Å². The Balaban J connectivity index is 1.50. The van der Waals surface area contributed by atoms with Crippen LogP contribution in [0.2, 0.25) is 0 Å². The van der Waals surface area contributed by atoms with Crippen molar-refractivity contribution in [2.75, 3.05) is 39.4 Å². The monoisotopic (exact) mass is 415 g/mol. The Labute approximate surface area is 180 Å². The normalized spacial score (nSPS) is 19.8. The Kier molecular flexibility index (Phi) is 7.53. The number of hydrogen-bond donors (Lipinski definition) is 2. The number of hydrogen-bond acceptors (Lipinski definition) is 4. The molecule has 1 saturated heterocycles. The van der Waals surface area contributed by atoms with Crippen LogP contribution in [0.5, 0.6) is 0 Å². The van der Waals surface area contributed by atoms with E-state index in [0.29, 0.717) is 12.1 Å². The van der Waals surface area contributed by atoms with Gasteiger partial charge in [-0.3, -0.25) is 14.5 Å². The molecule has 6 heteroatoms. The van der Waals surface area contributed by atoms with Crippen LogP contribution in [0.25, 0.3) is 0 Å². The number of nitrogens with zero attached hydrogens (tertiary/aromatic N) is 1. The lowest BCUT2D eigenvalue weighted by molar-refractivity contribution is -0.121. The molecule has 1 heterocycles. The topological polar surface area (TPSA) is 70.7 Å². The average Bonchev–Trinajstić information content (AvgIpc) is 2.77. The van der Waals surface area contributed by atoms with Crippen molar-refractivity contribution in [2.24, 2.45) is 0 Å². The van der Waals surface area contributed by atoms with Crippen LogP contribution in [0.1, 0.15) is 68.8 Å². The molecule has 0 unspecified atom stereocenters. The minimum atomic E-state index is -0.217. The summed E-state index contributed by atoms with van der Waals surface area (Å²) >= 11 is 0. The maximum Gasteiger partial charge on any atom is 0.251 e. The molecule has 2 aliphatic rings. The summed E-state index contributed by atoms with van der Waals surface area (Å²) in [6, 6.07) is 7.60. The molecule has 1 saturated carbocycles. The van der Waals surface area contributed by atoms with E-state index in [1.807, 2.05) is 24.3 Å². The molecule has 6 nitrogen and oxygen atoms in total. The molecule has 1 aromatic carbocycles. The Morgan fingerprint density at radius 2 is 1.63 bits per heavy atom. The van der Waals surface area contributed by atoms with Crippen molar-refractivity contribution in [3.8, 4) is 0 Å².